The molecule has 2 aliphatic carbocycles. The van der Waals surface area contributed by atoms with E-state index in [0.717, 1.165) is 19.3 Å². The van der Waals surface area contributed by atoms with E-state index in [4.69, 9.17) is 5.73 Å². The molecule has 3 atom stereocenters. The minimum atomic E-state index is 0.0478. The smallest absolute Gasteiger partial charge is 0.228 e. The van der Waals surface area contributed by atoms with Crippen LogP contribution in [-0.2, 0) is 11.2 Å². The number of amides is 1. The summed E-state index contributed by atoms with van der Waals surface area (Å²) in [5.74, 6) is 0.215. The summed E-state index contributed by atoms with van der Waals surface area (Å²) in [6.07, 6.45) is 6.56. The van der Waals surface area contributed by atoms with Crippen molar-refractivity contribution in [2.45, 2.75) is 56.5 Å². The van der Waals surface area contributed by atoms with Crippen molar-refractivity contribution in [3.63, 3.8) is 0 Å². The number of carbonyl (C=O) groups excluding carboxylic acids is 1. The fraction of sp³-hybridized carbons (Fsp3) is 0.562. The quantitative estimate of drug-likeness (QED) is 0.798. The van der Waals surface area contributed by atoms with Gasteiger partial charge in [0.1, 0.15) is 0 Å². The summed E-state index contributed by atoms with van der Waals surface area (Å²) in [4.78, 5) is 12.3. The fourth-order valence-electron chi connectivity index (χ4n) is 3.29. The van der Waals surface area contributed by atoms with Crippen molar-refractivity contribution in [1.82, 2.24) is 5.32 Å². The van der Waals surface area contributed by atoms with E-state index in [0.29, 0.717) is 0 Å². The highest BCUT2D eigenvalue weighted by Crippen LogP contribution is 2.35. The lowest BCUT2D eigenvalue weighted by atomic mass is 9.77. The van der Waals surface area contributed by atoms with Crippen molar-refractivity contribution in [1.29, 1.82) is 0 Å². The van der Waals surface area contributed by atoms with Gasteiger partial charge < -0.3 is 11.1 Å². The number of fused-ring (bicyclic) bond motifs is 1. The van der Waals surface area contributed by atoms with Gasteiger partial charge in [0.25, 0.3) is 0 Å². The zero-order valence-corrected chi connectivity index (χ0v) is 11.3. The zero-order chi connectivity index (χ0) is 13.2. The van der Waals surface area contributed by atoms with Gasteiger partial charge in [-0.25, -0.2) is 0 Å². The van der Waals surface area contributed by atoms with Crippen molar-refractivity contribution >= 4 is 5.91 Å². The maximum atomic E-state index is 12.3. The van der Waals surface area contributed by atoms with Crippen LogP contribution in [0.15, 0.2) is 24.3 Å². The van der Waals surface area contributed by atoms with Crippen molar-refractivity contribution < 1.29 is 4.79 Å². The molecule has 3 nitrogen and oxygen atoms in total. The topological polar surface area (TPSA) is 55.1 Å². The Bertz CT molecular complexity index is 472. The number of rotatable bonds is 2. The first-order valence-corrected chi connectivity index (χ1v) is 7.39. The van der Waals surface area contributed by atoms with Crippen LogP contribution in [-0.4, -0.2) is 18.0 Å². The van der Waals surface area contributed by atoms with E-state index in [-0.39, 0.29) is 23.9 Å². The minimum absolute atomic E-state index is 0.0478. The van der Waals surface area contributed by atoms with Gasteiger partial charge in [-0.05, 0) is 30.4 Å². The molecule has 0 saturated heterocycles. The SMILES string of the molecule is NC1CCCCCC1NC(=O)C1Cc2ccccc21. The van der Waals surface area contributed by atoms with Crippen LogP contribution in [0.1, 0.15) is 49.1 Å². The van der Waals surface area contributed by atoms with Crippen LogP contribution in [0, 0.1) is 0 Å². The van der Waals surface area contributed by atoms with Crippen molar-refractivity contribution in [3.8, 4) is 0 Å². The Morgan fingerprint density at radius 2 is 1.95 bits per heavy atom. The Kier molecular flexibility index (Phi) is 3.56. The second-order valence-electron chi connectivity index (χ2n) is 5.87. The van der Waals surface area contributed by atoms with Crippen LogP contribution < -0.4 is 11.1 Å². The first kappa shape index (κ1) is 12.7. The molecular formula is C16H22N2O. The molecular weight excluding hydrogens is 236 g/mol. The highest BCUT2D eigenvalue weighted by atomic mass is 16.2. The van der Waals surface area contributed by atoms with E-state index in [2.05, 4.69) is 17.4 Å². The van der Waals surface area contributed by atoms with Gasteiger partial charge in [0.05, 0.1) is 5.92 Å². The maximum absolute atomic E-state index is 12.3. The molecule has 1 fully saturated rings. The third-order valence-corrected chi connectivity index (χ3v) is 4.57. The lowest BCUT2D eigenvalue weighted by molar-refractivity contribution is -0.124. The average Bonchev–Trinajstić information content (AvgIpc) is 2.57. The molecule has 0 heterocycles. The summed E-state index contributed by atoms with van der Waals surface area (Å²) >= 11 is 0. The molecule has 0 radical (unpaired) electrons. The zero-order valence-electron chi connectivity index (χ0n) is 11.3. The monoisotopic (exact) mass is 258 g/mol. The van der Waals surface area contributed by atoms with Crippen LogP contribution >= 0.6 is 0 Å². The van der Waals surface area contributed by atoms with Gasteiger partial charge in [-0.3, -0.25) is 4.79 Å². The molecule has 0 aromatic heterocycles. The molecule has 3 rings (SSSR count). The van der Waals surface area contributed by atoms with Crippen LogP contribution in [0.5, 0.6) is 0 Å². The Labute approximate surface area is 114 Å². The number of benzene rings is 1. The molecule has 0 spiro atoms. The molecule has 0 aliphatic heterocycles. The highest BCUT2D eigenvalue weighted by molar-refractivity contribution is 5.87. The van der Waals surface area contributed by atoms with Gasteiger partial charge in [-0.1, -0.05) is 43.5 Å². The molecule has 19 heavy (non-hydrogen) atoms. The van der Waals surface area contributed by atoms with E-state index < -0.39 is 0 Å². The number of nitrogens with one attached hydrogen (secondary N) is 1. The predicted molar refractivity (Wildman–Crippen MR) is 75.9 cm³/mol. The second kappa shape index (κ2) is 5.33. The van der Waals surface area contributed by atoms with Crippen LogP contribution in [0.3, 0.4) is 0 Å². The Morgan fingerprint density at radius 3 is 2.79 bits per heavy atom. The number of carbonyl (C=O) groups is 1. The van der Waals surface area contributed by atoms with Gasteiger partial charge >= 0.3 is 0 Å². The second-order valence-corrected chi connectivity index (χ2v) is 5.87. The molecule has 3 unspecified atom stereocenters. The minimum Gasteiger partial charge on any atom is -0.351 e. The van der Waals surface area contributed by atoms with E-state index in [1.165, 1.54) is 30.4 Å². The lowest BCUT2D eigenvalue weighted by Gasteiger charge is -2.32. The van der Waals surface area contributed by atoms with Crippen LogP contribution in [0.4, 0.5) is 0 Å². The van der Waals surface area contributed by atoms with Gasteiger partial charge in [0.2, 0.25) is 5.91 Å². The molecule has 3 heteroatoms. The van der Waals surface area contributed by atoms with Crippen LogP contribution in [0.2, 0.25) is 0 Å². The molecule has 1 amide bonds. The van der Waals surface area contributed by atoms with Gasteiger partial charge in [0, 0.05) is 12.1 Å². The highest BCUT2D eigenvalue weighted by Gasteiger charge is 2.33. The van der Waals surface area contributed by atoms with E-state index in [1.807, 2.05) is 12.1 Å². The van der Waals surface area contributed by atoms with E-state index in [1.54, 1.807) is 0 Å². The largest absolute Gasteiger partial charge is 0.351 e. The first-order valence-electron chi connectivity index (χ1n) is 7.39. The summed E-state index contributed by atoms with van der Waals surface area (Å²) in [7, 11) is 0. The third kappa shape index (κ3) is 2.52. The van der Waals surface area contributed by atoms with Crippen molar-refractivity contribution in [3.05, 3.63) is 35.4 Å². The van der Waals surface area contributed by atoms with E-state index in [9.17, 15) is 4.79 Å². The summed E-state index contributed by atoms with van der Waals surface area (Å²) < 4.78 is 0. The third-order valence-electron chi connectivity index (χ3n) is 4.57. The van der Waals surface area contributed by atoms with Crippen LogP contribution in [0.25, 0.3) is 0 Å². The van der Waals surface area contributed by atoms with Crippen molar-refractivity contribution in [2.24, 2.45) is 5.73 Å². The standard InChI is InChI=1S/C16H22N2O/c17-14-8-2-1-3-9-15(14)18-16(19)13-10-11-6-4-5-7-12(11)13/h4-7,13-15H,1-3,8-10,17H2,(H,18,19). The molecule has 102 valence electrons. The lowest BCUT2D eigenvalue weighted by Crippen LogP contribution is -2.49. The molecule has 1 aromatic rings. The van der Waals surface area contributed by atoms with Gasteiger partial charge in [-0.2, -0.15) is 0 Å². The Morgan fingerprint density at radius 1 is 1.16 bits per heavy atom. The Hall–Kier alpha value is -1.35. The van der Waals surface area contributed by atoms with Gasteiger partial charge in [-0.15, -0.1) is 0 Å². The molecule has 2 aliphatic rings. The maximum Gasteiger partial charge on any atom is 0.228 e. The number of hydrogen-bond acceptors (Lipinski definition) is 2. The van der Waals surface area contributed by atoms with Crippen molar-refractivity contribution in [2.75, 3.05) is 0 Å². The fourth-order valence-corrected chi connectivity index (χ4v) is 3.29. The number of nitrogens with two attached hydrogens (primary N) is 1. The predicted octanol–water partition coefficient (Wildman–Crippen LogP) is 2.10. The summed E-state index contributed by atoms with van der Waals surface area (Å²) in [6, 6.07) is 8.51. The average molecular weight is 258 g/mol. The molecule has 1 aromatic carbocycles. The molecule has 1 saturated carbocycles. The Balaban J connectivity index is 1.63. The summed E-state index contributed by atoms with van der Waals surface area (Å²) in [5.41, 5.74) is 8.68. The van der Waals surface area contributed by atoms with Gasteiger partial charge in [0.15, 0.2) is 0 Å². The van der Waals surface area contributed by atoms with E-state index >= 15 is 0 Å². The summed E-state index contributed by atoms with van der Waals surface area (Å²) in [5, 5.41) is 3.19. The number of hydrogen-bond donors (Lipinski definition) is 2. The summed E-state index contributed by atoms with van der Waals surface area (Å²) in [6.45, 7) is 0. The molecule has 3 N–H and O–H groups in total. The molecule has 0 bridgehead atoms. The normalized spacial score (nSPS) is 29.8. The first-order chi connectivity index (χ1) is 9.25.